The van der Waals surface area contributed by atoms with Gasteiger partial charge in [-0.05, 0) is 100 Å². The average molecular weight is 496 g/mol. The minimum atomic E-state index is -0.472. The molecule has 0 radical (unpaired) electrons. The van der Waals surface area contributed by atoms with Crippen molar-refractivity contribution in [3.05, 3.63) is 59.9 Å². The molecule has 37 heavy (non-hydrogen) atoms. The lowest BCUT2D eigenvalue weighted by molar-refractivity contribution is 0.00578. The maximum Gasteiger partial charge on any atom is 0.563 e. The zero-order valence-corrected chi connectivity index (χ0v) is 23.2. The molecular formula is C31H38B2O4. The van der Waals surface area contributed by atoms with Gasteiger partial charge in [-0.25, -0.2) is 0 Å². The van der Waals surface area contributed by atoms with E-state index in [-0.39, 0.29) is 29.2 Å². The van der Waals surface area contributed by atoms with Gasteiger partial charge in [0.05, 0.1) is 17.0 Å². The van der Waals surface area contributed by atoms with E-state index in [1.54, 1.807) is 0 Å². The van der Waals surface area contributed by atoms with Crippen molar-refractivity contribution in [1.82, 2.24) is 0 Å². The molecule has 3 aliphatic carbocycles. The summed E-state index contributed by atoms with van der Waals surface area (Å²) in [6, 6.07) is 13.9. The van der Waals surface area contributed by atoms with Gasteiger partial charge in [-0.2, -0.15) is 0 Å². The molecule has 0 amide bonds. The Morgan fingerprint density at radius 3 is 1.54 bits per heavy atom. The Labute approximate surface area is 222 Å². The van der Waals surface area contributed by atoms with E-state index in [4.69, 9.17) is 18.6 Å². The van der Waals surface area contributed by atoms with Crippen LogP contribution in [0.15, 0.2) is 48.7 Å². The lowest BCUT2D eigenvalue weighted by Gasteiger charge is -2.48. The first kappa shape index (κ1) is 24.1. The zero-order valence-electron chi connectivity index (χ0n) is 23.2. The minimum Gasteiger partial charge on any atom is -0.534 e. The van der Waals surface area contributed by atoms with E-state index in [2.05, 4.69) is 70.7 Å². The highest BCUT2D eigenvalue weighted by Crippen LogP contribution is 2.69. The molecule has 4 nitrogen and oxygen atoms in total. The van der Waals surface area contributed by atoms with E-state index in [1.807, 2.05) is 13.8 Å². The van der Waals surface area contributed by atoms with Crippen molar-refractivity contribution in [1.29, 1.82) is 0 Å². The molecule has 2 saturated carbocycles. The third kappa shape index (κ3) is 3.04. The van der Waals surface area contributed by atoms with Crippen LogP contribution in [0, 0.1) is 0 Å². The molecule has 0 N–H and O–H groups in total. The molecule has 0 atom stereocenters. The van der Waals surface area contributed by atoms with Gasteiger partial charge in [-0.3, -0.25) is 0 Å². The smallest absolute Gasteiger partial charge is 0.534 e. The summed E-state index contributed by atoms with van der Waals surface area (Å²) < 4.78 is 25.3. The fraction of sp³-hybridized carbons (Fsp3) is 0.548. The Morgan fingerprint density at radius 1 is 0.649 bits per heavy atom. The first-order chi connectivity index (χ1) is 17.4. The fourth-order valence-electron chi connectivity index (χ4n) is 8.07. The minimum absolute atomic E-state index is 0.172. The molecule has 2 aromatic rings. The van der Waals surface area contributed by atoms with Crippen LogP contribution in [0.25, 0.3) is 11.1 Å². The third-order valence-electron chi connectivity index (χ3n) is 10.9. The predicted molar refractivity (Wildman–Crippen MR) is 149 cm³/mol. The van der Waals surface area contributed by atoms with Crippen LogP contribution in [-0.4, -0.2) is 31.0 Å². The maximum atomic E-state index is 6.47. The first-order valence-corrected chi connectivity index (χ1v) is 14.1. The van der Waals surface area contributed by atoms with Crippen molar-refractivity contribution in [2.24, 2.45) is 0 Å². The van der Waals surface area contributed by atoms with Crippen LogP contribution >= 0.6 is 0 Å². The second kappa shape index (κ2) is 7.34. The topological polar surface area (TPSA) is 36.9 Å². The fourth-order valence-corrected chi connectivity index (χ4v) is 8.07. The molecule has 4 fully saturated rings. The summed E-state index contributed by atoms with van der Waals surface area (Å²) in [5.41, 5.74) is 7.19. The summed E-state index contributed by atoms with van der Waals surface area (Å²) >= 11 is 0. The van der Waals surface area contributed by atoms with Crippen LogP contribution < -0.4 is 10.9 Å². The molecule has 6 heteroatoms. The Balaban J connectivity index is 1.36. The summed E-state index contributed by atoms with van der Waals surface area (Å²) in [6.07, 6.45) is 7.52. The number of fused-ring (bicyclic) bond motifs is 3. The van der Waals surface area contributed by atoms with Gasteiger partial charge >= 0.3 is 14.2 Å². The van der Waals surface area contributed by atoms with Crippen LogP contribution in [-0.2, 0) is 29.4 Å². The molecule has 0 aromatic heterocycles. The van der Waals surface area contributed by atoms with Crippen molar-refractivity contribution >= 4 is 25.2 Å². The standard InChI is InChI=1S/C31H38B2O4/c1-20-27(2,3)35-32(34-20)21-10-12-23-24-13-11-22(33-36-28(4,5)29(6,7)37-33)19-26(24)31-16-8-14-30(31,15-9-17-31)25(23)18-21/h10-13,18-19H,1,8-9,14-17H2,2-7H3. The lowest BCUT2D eigenvalue weighted by Crippen LogP contribution is -2.46. The van der Waals surface area contributed by atoms with Crippen LogP contribution in [0.5, 0.6) is 0 Å². The normalized spacial score (nSPS) is 32.1. The molecule has 2 aromatic carbocycles. The van der Waals surface area contributed by atoms with E-state index in [0.717, 1.165) is 10.9 Å². The monoisotopic (exact) mass is 496 g/mol. The summed E-state index contributed by atoms with van der Waals surface area (Å²) in [5, 5.41) is 0. The molecule has 0 bridgehead atoms. The second-order valence-corrected chi connectivity index (χ2v) is 13.6. The Kier molecular flexibility index (Phi) is 4.77. The summed E-state index contributed by atoms with van der Waals surface area (Å²) in [5.74, 6) is 0.699. The molecule has 2 saturated heterocycles. The van der Waals surface area contributed by atoms with Crippen molar-refractivity contribution in [2.45, 2.75) is 108 Å². The molecule has 2 aliphatic heterocycles. The lowest BCUT2D eigenvalue weighted by atomic mass is 9.54. The molecule has 0 spiro atoms. The second-order valence-electron chi connectivity index (χ2n) is 13.6. The highest BCUT2D eigenvalue weighted by molar-refractivity contribution is 6.62. The van der Waals surface area contributed by atoms with E-state index < -0.39 is 12.7 Å². The molecule has 5 aliphatic rings. The zero-order chi connectivity index (χ0) is 26.0. The van der Waals surface area contributed by atoms with Gasteiger partial charge in [0.15, 0.2) is 0 Å². The largest absolute Gasteiger partial charge is 0.563 e. The molecule has 2 heterocycles. The summed E-state index contributed by atoms with van der Waals surface area (Å²) in [6.45, 7) is 16.7. The van der Waals surface area contributed by atoms with Gasteiger partial charge < -0.3 is 18.6 Å². The van der Waals surface area contributed by atoms with Crippen LogP contribution in [0.2, 0.25) is 0 Å². The van der Waals surface area contributed by atoms with Crippen molar-refractivity contribution in [3.63, 3.8) is 0 Å². The van der Waals surface area contributed by atoms with Gasteiger partial charge in [-0.1, -0.05) is 55.8 Å². The van der Waals surface area contributed by atoms with E-state index >= 15 is 0 Å². The summed E-state index contributed by atoms with van der Waals surface area (Å²) in [7, 11) is -0.727. The number of hydrogen-bond donors (Lipinski definition) is 0. The number of hydrogen-bond acceptors (Lipinski definition) is 4. The average Bonchev–Trinajstić information content (AvgIpc) is 3.52. The van der Waals surface area contributed by atoms with Gasteiger partial charge in [0, 0.05) is 10.8 Å². The summed E-state index contributed by atoms with van der Waals surface area (Å²) in [4.78, 5) is 0. The SMILES string of the molecule is C=C1OB(c2ccc3c(c2)C24CCCC2(CCC4)c2cc(B4OC(C)(C)C(C)(C)O4)ccc2-3)OC1(C)C. The number of benzene rings is 2. The van der Waals surface area contributed by atoms with Crippen LogP contribution in [0.1, 0.15) is 91.2 Å². The van der Waals surface area contributed by atoms with Crippen molar-refractivity contribution in [3.8, 4) is 11.1 Å². The van der Waals surface area contributed by atoms with Gasteiger partial charge in [-0.15, -0.1) is 0 Å². The van der Waals surface area contributed by atoms with Crippen molar-refractivity contribution < 1.29 is 18.6 Å². The maximum absolute atomic E-state index is 6.47. The van der Waals surface area contributed by atoms with Gasteiger partial charge in [0.25, 0.3) is 0 Å². The molecule has 7 rings (SSSR count). The Hall–Kier alpha value is -2.01. The van der Waals surface area contributed by atoms with Crippen LogP contribution in [0.3, 0.4) is 0 Å². The van der Waals surface area contributed by atoms with Crippen molar-refractivity contribution in [2.75, 3.05) is 0 Å². The van der Waals surface area contributed by atoms with Gasteiger partial charge in [0.1, 0.15) is 5.60 Å². The molecule has 0 unspecified atom stereocenters. The Morgan fingerprint density at radius 2 is 1.11 bits per heavy atom. The molecule has 192 valence electrons. The quantitative estimate of drug-likeness (QED) is 0.512. The highest BCUT2D eigenvalue weighted by atomic mass is 16.7. The highest BCUT2D eigenvalue weighted by Gasteiger charge is 2.63. The third-order valence-corrected chi connectivity index (χ3v) is 10.9. The number of rotatable bonds is 2. The van der Waals surface area contributed by atoms with E-state index in [1.165, 1.54) is 60.8 Å². The van der Waals surface area contributed by atoms with E-state index in [9.17, 15) is 0 Å². The van der Waals surface area contributed by atoms with Gasteiger partial charge in [0.2, 0.25) is 0 Å². The molecular weight excluding hydrogens is 458 g/mol. The first-order valence-electron chi connectivity index (χ1n) is 14.1. The predicted octanol–water partition coefficient (Wildman–Crippen LogP) is 5.54. The van der Waals surface area contributed by atoms with Crippen LogP contribution in [0.4, 0.5) is 0 Å². The van der Waals surface area contributed by atoms with E-state index in [0.29, 0.717) is 5.76 Å². The Bertz CT molecular complexity index is 1300.